The molecule has 3 N–H and O–H groups in total. The quantitative estimate of drug-likeness (QED) is 0.767. The van der Waals surface area contributed by atoms with Gasteiger partial charge in [-0.3, -0.25) is 9.59 Å². The van der Waals surface area contributed by atoms with Crippen LogP contribution >= 0.6 is 0 Å². The van der Waals surface area contributed by atoms with Crippen molar-refractivity contribution in [2.75, 3.05) is 6.54 Å². The Balaban J connectivity index is 1.90. The molecular weight excluding hydrogens is 268 g/mol. The minimum atomic E-state index is -0.653. The number of benzene rings is 1. The van der Waals surface area contributed by atoms with Gasteiger partial charge in [0.15, 0.2) is 0 Å². The van der Waals surface area contributed by atoms with Crippen molar-refractivity contribution in [3.63, 3.8) is 0 Å². The third-order valence-corrected chi connectivity index (χ3v) is 3.19. The van der Waals surface area contributed by atoms with Crippen molar-refractivity contribution < 1.29 is 9.90 Å². The monoisotopic (exact) mass is 286 g/mol. The number of aliphatic hydroxyl groups excluding tert-OH is 1. The molecule has 1 atom stereocenters. The van der Waals surface area contributed by atoms with Crippen LogP contribution in [0.1, 0.15) is 21.5 Å². The number of aryl methyl sites for hydroxylation is 1. The minimum Gasteiger partial charge on any atom is -0.391 e. The zero-order valence-electron chi connectivity index (χ0n) is 11.8. The Kier molecular flexibility index (Phi) is 4.90. The molecule has 1 unspecified atom stereocenters. The Morgan fingerprint density at radius 2 is 2.05 bits per heavy atom. The van der Waals surface area contributed by atoms with Gasteiger partial charge in [0.25, 0.3) is 5.91 Å². The van der Waals surface area contributed by atoms with Crippen molar-refractivity contribution >= 4 is 5.91 Å². The first kappa shape index (κ1) is 15.0. The van der Waals surface area contributed by atoms with Crippen molar-refractivity contribution in [1.82, 2.24) is 10.3 Å². The molecule has 0 aliphatic rings. The third-order valence-electron chi connectivity index (χ3n) is 3.19. The zero-order valence-corrected chi connectivity index (χ0v) is 11.8. The number of hydrogen-bond acceptors (Lipinski definition) is 3. The molecule has 5 heteroatoms. The van der Waals surface area contributed by atoms with Gasteiger partial charge in [-0.05, 0) is 18.1 Å². The van der Waals surface area contributed by atoms with E-state index < -0.39 is 6.10 Å². The van der Waals surface area contributed by atoms with E-state index in [1.54, 1.807) is 6.92 Å². The maximum absolute atomic E-state index is 12.0. The number of amides is 1. The summed E-state index contributed by atoms with van der Waals surface area (Å²) in [7, 11) is 0. The van der Waals surface area contributed by atoms with Gasteiger partial charge in [0.2, 0.25) is 5.56 Å². The average Bonchev–Trinajstić information content (AvgIpc) is 2.46. The van der Waals surface area contributed by atoms with Gasteiger partial charge in [-0.1, -0.05) is 30.3 Å². The summed E-state index contributed by atoms with van der Waals surface area (Å²) < 4.78 is 0. The SMILES string of the molecule is Cc1cc(=O)[nH]cc1C(=O)NCC(O)Cc1ccccc1. The largest absolute Gasteiger partial charge is 0.391 e. The fourth-order valence-electron chi connectivity index (χ4n) is 2.08. The molecule has 0 aliphatic heterocycles. The van der Waals surface area contributed by atoms with Crippen molar-refractivity contribution in [3.05, 3.63) is 69.6 Å². The van der Waals surface area contributed by atoms with E-state index in [1.807, 2.05) is 30.3 Å². The van der Waals surface area contributed by atoms with Gasteiger partial charge in [-0.15, -0.1) is 0 Å². The van der Waals surface area contributed by atoms with Gasteiger partial charge < -0.3 is 15.4 Å². The first-order valence-corrected chi connectivity index (χ1v) is 6.76. The van der Waals surface area contributed by atoms with Crippen LogP contribution in [0.25, 0.3) is 0 Å². The molecule has 0 saturated heterocycles. The molecule has 21 heavy (non-hydrogen) atoms. The van der Waals surface area contributed by atoms with E-state index >= 15 is 0 Å². The van der Waals surface area contributed by atoms with Crippen LogP contribution in [0, 0.1) is 6.92 Å². The summed E-state index contributed by atoms with van der Waals surface area (Å²) in [6, 6.07) is 11.0. The van der Waals surface area contributed by atoms with Crippen molar-refractivity contribution in [1.29, 1.82) is 0 Å². The number of H-pyrrole nitrogens is 1. The number of aromatic nitrogens is 1. The second-order valence-corrected chi connectivity index (χ2v) is 4.95. The highest BCUT2D eigenvalue weighted by Crippen LogP contribution is 2.04. The van der Waals surface area contributed by atoms with Crippen LogP contribution in [0.15, 0.2) is 47.4 Å². The Morgan fingerprint density at radius 3 is 2.71 bits per heavy atom. The molecule has 110 valence electrons. The lowest BCUT2D eigenvalue weighted by Gasteiger charge is -2.12. The second-order valence-electron chi connectivity index (χ2n) is 4.95. The van der Waals surface area contributed by atoms with Gasteiger partial charge in [0.05, 0.1) is 11.7 Å². The molecule has 0 fully saturated rings. The van der Waals surface area contributed by atoms with E-state index in [0.717, 1.165) is 5.56 Å². The molecule has 2 aromatic rings. The van der Waals surface area contributed by atoms with Gasteiger partial charge in [0, 0.05) is 25.2 Å². The van der Waals surface area contributed by atoms with Crippen LogP contribution in [-0.4, -0.2) is 28.6 Å². The summed E-state index contributed by atoms with van der Waals surface area (Å²) >= 11 is 0. The summed E-state index contributed by atoms with van der Waals surface area (Å²) in [5, 5.41) is 12.6. The maximum atomic E-state index is 12.0. The molecule has 0 spiro atoms. The van der Waals surface area contributed by atoms with E-state index in [1.165, 1.54) is 12.3 Å². The fraction of sp³-hybridized carbons (Fsp3) is 0.250. The third kappa shape index (κ3) is 4.29. The van der Waals surface area contributed by atoms with Gasteiger partial charge >= 0.3 is 0 Å². The molecule has 1 aromatic carbocycles. The molecular formula is C16H18N2O3. The highest BCUT2D eigenvalue weighted by Gasteiger charge is 2.12. The summed E-state index contributed by atoms with van der Waals surface area (Å²) in [5.41, 5.74) is 1.78. The number of nitrogens with one attached hydrogen (secondary N) is 2. The van der Waals surface area contributed by atoms with Gasteiger partial charge in [-0.2, -0.15) is 0 Å². The highest BCUT2D eigenvalue weighted by atomic mass is 16.3. The molecule has 0 bridgehead atoms. The number of hydrogen-bond donors (Lipinski definition) is 3. The summed E-state index contributed by atoms with van der Waals surface area (Å²) in [4.78, 5) is 25.6. The number of aliphatic hydroxyl groups is 1. The fourth-order valence-corrected chi connectivity index (χ4v) is 2.08. The lowest BCUT2D eigenvalue weighted by atomic mass is 10.1. The number of aromatic amines is 1. The van der Waals surface area contributed by atoms with Crippen LogP contribution in [0.2, 0.25) is 0 Å². The van der Waals surface area contributed by atoms with E-state index in [-0.39, 0.29) is 18.0 Å². The Hall–Kier alpha value is -2.40. The number of carbonyl (C=O) groups is 1. The number of rotatable bonds is 5. The lowest BCUT2D eigenvalue weighted by Crippen LogP contribution is -2.34. The first-order chi connectivity index (χ1) is 10.1. The van der Waals surface area contributed by atoms with Crippen LogP contribution in [0.4, 0.5) is 0 Å². The van der Waals surface area contributed by atoms with Gasteiger partial charge in [0.1, 0.15) is 0 Å². The minimum absolute atomic E-state index is 0.159. The van der Waals surface area contributed by atoms with Crippen molar-refractivity contribution in [3.8, 4) is 0 Å². The van der Waals surface area contributed by atoms with Gasteiger partial charge in [-0.25, -0.2) is 0 Å². The average molecular weight is 286 g/mol. The maximum Gasteiger partial charge on any atom is 0.253 e. The standard InChI is InChI=1S/C16H18N2O3/c1-11-7-15(20)17-10-14(11)16(21)18-9-13(19)8-12-5-3-2-4-6-12/h2-7,10,13,19H,8-9H2,1H3,(H,17,20)(H,18,21). The lowest BCUT2D eigenvalue weighted by molar-refractivity contribution is 0.0915. The summed E-state index contributed by atoms with van der Waals surface area (Å²) in [5.74, 6) is -0.309. The molecule has 2 rings (SSSR count). The van der Waals surface area contributed by atoms with E-state index in [4.69, 9.17) is 0 Å². The Bertz CT molecular complexity index is 665. The zero-order chi connectivity index (χ0) is 15.2. The Labute approximate surface area is 122 Å². The number of carbonyl (C=O) groups excluding carboxylic acids is 1. The van der Waals surface area contributed by atoms with E-state index in [0.29, 0.717) is 17.5 Å². The molecule has 0 radical (unpaired) electrons. The first-order valence-electron chi connectivity index (χ1n) is 6.76. The predicted molar refractivity (Wildman–Crippen MR) is 80.3 cm³/mol. The van der Waals surface area contributed by atoms with Crippen molar-refractivity contribution in [2.24, 2.45) is 0 Å². The van der Waals surface area contributed by atoms with Crippen LogP contribution in [0.3, 0.4) is 0 Å². The summed E-state index contributed by atoms with van der Waals surface area (Å²) in [6.45, 7) is 1.86. The number of pyridine rings is 1. The molecule has 1 aromatic heterocycles. The summed E-state index contributed by atoms with van der Waals surface area (Å²) in [6.07, 6.45) is 1.21. The highest BCUT2D eigenvalue weighted by molar-refractivity contribution is 5.95. The van der Waals surface area contributed by atoms with Crippen LogP contribution < -0.4 is 10.9 Å². The molecule has 1 amide bonds. The van der Waals surface area contributed by atoms with Crippen LogP contribution in [0.5, 0.6) is 0 Å². The van der Waals surface area contributed by atoms with Crippen LogP contribution in [-0.2, 0) is 6.42 Å². The normalized spacial score (nSPS) is 11.9. The smallest absolute Gasteiger partial charge is 0.253 e. The predicted octanol–water partition coefficient (Wildman–Crippen LogP) is 1.02. The van der Waals surface area contributed by atoms with E-state index in [2.05, 4.69) is 10.3 Å². The Morgan fingerprint density at radius 1 is 1.33 bits per heavy atom. The molecule has 0 aliphatic carbocycles. The molecule has 5 nitrogen and oxygen atoms in total. The molecule has 0 saturated carbocycles. The van der Waals surface area contributed by atoms with E-state index in [9.17, 15) is 14.7 Å². The van der Waals surface area contributed by atoms with Crippen molar-refractivity contribution in [2.45, 2.75) is 19.4 Å². The topological polar surface area (TPSA) is 82.2 Å². The second kappa shape index (κ2) is 6.85. The molecule has 1 heterocycles.